The summed E-state index contributed by atoms with van der Waals surface area (Å²) in [7, 11) is 0. The van der Waals surface area contributed by atoms with Crippen molar-refractivity contribution in [3.63, 3.8) is 0 Å². The number of ether oxygens (including phenoxy) is 1. The summed E-state index contributed by atoms with van der Waals surface area (Å²) in [5.74, 6) is 1.21. The molecule has 2 aromatic heterocycles. The van der Waals surface area contributed by atoms with Crippen LogP contribution in [0.25, 0.3) is 22.0 Å². The number of nitrogens with one attached hydrogen (secondary N) is 2. The first kappa shape index (κ1) is 26.9. The molecular weight excluding hydrogens is 541 g/mol. The Morgan fingerprint density at radius 2 is 2.02 bits per heavy atom. The molecule has 1 saturated heterocycles. The van der Waals surface area contributed by atoms with E-state index in [1.807, 2.05) is 12.1 Å². The van der Waals surface area contributed by atoms with Crippen LogP contribution >= 0.6 is 11.6 Å². The Morgan fingerprint density at radius 1 is 1.10 bits per heavy atom. The van der Waals surface area contributed by atoms with Gasteiger partial charge in [0, 0.05) is 29.9 Å². The predicted molar refractivity (Wildman–Crippen MR) is 159 cm³/mol. The number of fused-ring (bicyclic) bond motifs is 1. The van der Waals surface area contributed by atoms with Gasteiger partial charge < -0.3 is 14.6 Å². The quantitative estimate of drug-likeness (QED) is 0.195. The number of benzene rings is 3. The minimum absolute atomic E-state index is 0.155. The molecule has 0 bridgehead atoms. The molecule has 5 aromatic rings. The Labute approximate surface area is 242 Å². The summed E-state index contributed by atoms with van der Waals surface area (Å²) in [6, 6.07) is 19.9. The largest absolute Gasteiger partial charge is 0.487 e. The maximum absolute atomic E-state index is 13.5. The van der Waals surface area contributed by atoms with E-state index in [1.54, 1.807) is 24.3 Å². The van der Waals surface area contributed by atoms with Gasteiger partial charge in [-0.05, 0) is 90.5 Å². The van der Waals surface area contributed by atoms with Gasteiger partial charge >= 0.3 is 0 Å². The van der Waals surface area contributed by atoms with Gasteiger partial charge in [-0.1, -0.05) is 29.8 Å². The van der Waals surface area contributed by atoms with Crippen molar-refractivity contribution in [3.8, 4) is 16.9 Å². The van der Waals surface area contributed by atoms with E-state index in [4.69, 9.17) is 16.3 Å². The molecule has 207 valence electrons. The number of hydrogen-bond donors (Lipinski definition) is 2. The third kappa shape index (κ3) is 6.24. The van der Waals surface area contributed by atoms with E-state index >= 15 is 0 Å². The second kappa shape index (κ2) is 12.1. The standard InChI is InChI=1S/C32H28ClFN5O2/c33-28-17-26(5-7-30(28)41-19-22-2-1-3-25(34)14-22)38-32-27-16-23(4-6-29(27)36-20-37-32)24-9-12-39(18-24)31-15-21(10-13-40)8-11-35-31/h1-7,9,12,14,16-18,20-21,31,35H,8,10-11,15,19H2,(H,36,37,38). The van der Waals surface area contributed by atoms with Crippen molar-refractivity contribution in [2.45, 2.75) is 32.0 Å². The van der Waals surface area contributed by atoms with Crippen LogP contribution in [-0.4, -0.2) is 27.4 Å². The molecule has 0 amide bonds. The van der Waals surface area contributed by atoms with E-state index in [2.05, 4.69) is 62.0 Å². The number of carbonyl (C=O) groups excluding carboxylic acids is 1. The van der Waals surface area contributed by atoms with Gasteiger partial charge in [0.05, 0.1) is 16.7 Å². The lowest BCUT2D eigenvalue weighted by atomic mass is 9.93. The third-order valence-corrected chi connectivity index (χ3v) is 7.68. The number of halogens is 2. The van der Waals surface area contributed by atoms with E-state index in [9.17, 15) is 9.18 Å². The Bertz CT molecular complexity index is 1690. The predicted octanol–water partition coefficient (Wildman–Crippen LogP) is 7.21. The molecule has 0 aliphatic carbocycles. The number of piperidine rings is 1. The second-order valence-electron chi connectivity index (χ2n) is 10.2. The lowest BCUT2D eigenvalue weighted by Crippen LogP contribution is -2.35. The van der Waals surface area contributed by atoms with Crippen LogP contribution in [0.1, 0.15) is 31.0 Å². The minimum Gasteiger partial charge on any atom is -0.487 e. The molecular formula is C32H28ClFN5O2. The Morgan fingerprint density at radius 3 is 2.88 bits per heavy atom. The summed E-state index contributed by atoms with van der Waals surface area (Å²) >= 11 is 6.51. The first-order chi connectivity index (χ1) is 20.1. The van der Waals surface area contributed by atoms with E-state index in [1.165, 1.54) is 18.5 Å². The Hall–Kier alpha value is -4.27. The number of hydrogen-bond acceptors (Lipinski definition) is 6. The zero-order valence-corrected chi connectivity index (χ0v) is 22.9. The summed E-state index contributed by atoms with van der Waals surface area (Å²) in [4.78, 5) is 19.8. The molecule has 7 nitrogen and oxygen atoms in total. The fourth-order valence-electron chi connectivity index (χ4n) is 5.24. The average molecular weight is 569 g/mol. The molecule has 2 unspecified atom stereocenters. The topological polar surface area (TPSA) is 81.1 Å². The number of aromatic nitrogens is 3. The fraction of sp³-hybridized carbons (Fsp3) is 0.219. The fourth-order valence-corrected chi connectivity index (χ4v) is 5.47. The van der Waals surface area contributed by atoms with Crippen molar-refractivity contribution in [1.29, 1.82) is 0 Å². The van der Waals surface area contributed by atoms with Crippen LogP contribution in [-0.2, 0) is 11.4 Å². The molecule has 6 rings (SSSR count). The Kier molecular flexibility index (Phi) is 7.93. The van der Waals surface area contributed by atoms with Crippen molar-refractivity contribution in [3.05, 3.63) is 102 Å². The molecule has 2 N–H and O–H groups in total. The molecule has 9 heteroatoms. The van der Waals surface area contributed by atoms with Gasteiger partial charge in [-0.3, -0.25) is 10.1 Å². The lowest BCUT2D eigenvalue weighted by molar-refractivity contribution is 0.250. The van der Waals surface area contributed by atoms with Gasteiger partial charge in [-0.25, -0.2) is 14.4 Å². The van der Waals surface area contributed by atoms with E-state index in [0.29, 0.717) is 28.9 Å². The minimum atomic E-state index is -0.307. The normalized spacial score (nSPS) is 16.9. The van der Waals surface area contributed by atoms with Gasteiger partial charge in [0.15, 0.2) is 6.29 Å². The first-order valence-electron chi connectivity index (χ1n) is 13.5. The highest BCUT2D eigenvalue weighted by atomic mass is 35.5. The van der Waals surface area contributed by atoms with Gasteiger partial charge in [-0.15, -0.1) is 0 Å². The van der Waals surface area contributed by atoms with Crippen LogP contribution < -0.4 is 15.4 Å². The summed E-state index contributed by atoms with van der Waals surface area (Å²) in [6.07, 6.45) is 10.3. The smallest absolute Gasteiger partial charge is 0.198 e. The molecule has 2 atom stereocenters. The van der Waals surface area contributed by atoms with Gasteiger partial charge in [0.1, 0.15) is 30.3 Å². The number of nitrogens with zero attached hydrogens (tertiary/aromatic N) is 3. The molecule has 41 heavy (non-hydrogen) atoms. The van der Waals surface area contributed by atoms with Crippen molar-refractivity contribution >= 4 is 40.3 Å². The molecule has 0 spiro atoms. The summed E-state index contributed by atoms with van der Waals surface area (Å²) in [5.41, 5.74) is 4.40. The van der Waals surface area contributed by atoms with Crippen molar-refractivity contribution < 1.29 is 13.9 Å². The Balaban J connectivity index is 1.20. The third-order valence-electron chi connectivity index (χ3n) is 7.38. The monoisotopic (exact) mass is 568 g/mol. The molecule has 3 heterocycles. The zero-order valence-electron chi connectivity index (χ0n) is 22.2. The number of rotatable bonds is 9. The first-order valence-corrected chi connectivity index (χ1v) is 13.9. The van der Waals surface area contributed by atoms with E-state index in [0.717, 1.165) is 52.7 Å². The van der Waals surface area contributed by atoms with Crippen molar-refractivity contribution in [2.24, 2.45) is 5.92 Å². The molecule has 0 saturated carbocycles. The van der Waals surface area contributed by atoms with E-state index in [-0.39, 0.29) is 18.6 Å². The van der Waals surface area contributed by atoms with Gasteiger partial charge in [-0.2, -0.15) is 0 Å². The van der Waals surface area contributed by atoms with Crippen molar-refractivity contribution in [2.75, 3.05) is 11.9 Å². The highest BCUT2D eigenvalue weighted by molar-refractivity contribution is 6.32. The van der Waals surface area contributed by atoms with Crippen LogP contribution in [0.5, 0.6) is 5.75 Å². The molecule has 1 aliphatic rings. The van der Waals surface area contributed by atoms with Crippen LogP contribution in [0.3, 0.4) is 0 Å². The van der Waals surface area contributed by atoms with Crippen LogP contribution in [0.2, 0.25) is 5.02 Å². The van der Waals surface area contributed by atoms with Gasteiger partial charge in [0.25, 0.3) is 0 Å². The number of anilines is 2. The van der Waals surface area contributed by atoms with Crippen LogP contribution in [0.15, 0.2) is 85.5 Å². The summed E-state index contributed by atoms with van der Waals surface area (Å²) < 4.78 is 21.4. The maximum Gasteiger partial charge on any atom is 0.198 e. The second-order valence-corrected chi connectivity index (χ2v) is 10.6. The lowest BCUT2D eigenvalue weighted by Gasteiger charge is -2.30. The molecule has 1 aliphatic heterocycles. The molecule has 3 aromatic carbocycles. The van der Waals surface area contributed by atoms with Crippen LogP contribution in [0, 0.1) is 11.7 Å². The highest BCUT2D eigenvalue weighted by Crippen LogP contribution is 2.33. The zero-order chi connectivity index (χ0) is 28.2. The average Bonchev–Trinajstić information content (AvgIpc) is 3.48. The van der Waals surface area contributed by atoms with Gasteiger partial charge in [0.2, 0.25) is 0 Å². The van der Waals surface area contributed by atoms with Crippen LogP contribution in [0.4, 0.5) is 15.9 Å². The summed E-state index contributed by atoms with van der Waals surface area (Å²) in [5, 5.41) is 8.21. The maximum atomic E-state index is 13.5. The SMILES string of the molecule is O=[C]CC1CCNC(n2ccc(-c3ccc4ncnc(Nc5ccc(OCc6cccc(F)c6)c(Cl)c5)c4c3)c2)C1. The van der Waals surface area contributed by atoms with E-state index < -0.39 is 0 Å². The highest BCUT2D eigenvalue weighted by Gasteiger charge is 2.22. The van der Waals surface area contributed by atoms with Crippen molar-refractivity contribution in [1.82, 2.24) is 19.9 Å². The molecule has 1 radical (unpaired) electrons. The summed E-state index contributed by atoms with van der Waals surface area (Å²) in [6.45, 7) is 1.09. The molecule has 1 fully saturated rings.